The number of aromatic nitrogens is 1. The Labute approximate surface area is 180 Å². The van der Waals surface area contributed by atoms with E-state index in [4.69, 9.17) is 9.15 Å². The summed E-state index contributed by atoms with van der Waals surface area (Å²) in [5.41, 5.74) is 0.957. The molecule has 0 spiro atoms. The summed E-state index contributed by atoms with van der Waals surface area (Å²) >= 11 is 0. The van der Waals surface area contributed by atoms with Crippen molar-refractivity contribution in [2.45, 2.75) is 12.1 Å². The zero-order chi connectivity index (χ0) is 22.5. The maximum absolute atomic E-state index is 12.9. The van der Waals surface area contributed by atoms with Crippen molar-refractivity contribution in [3.8, 4) is 17.6 Å². The van der Waals surface area contributed by atoms with Crippen molar-refractivity contribution in [2.75, 3.05) is 13.7 Å². The summed E-state index contributed by atoms with van der Waals surface area (Å²) in [5, 5.41) is 4.75. The van der Waals surface area contributed by atoms with E-state index >= 15 is 0 Å². The van der Waals surface area contributed by atoms with Gasteiger partial charge in [-0.05, 0) is 35.9 Å². The number of imide groups is 1. The lowest BCUT2D eigenvalue weighted by Gasteiger charge is -2.26. The predicted octanol–water partition coefficient (Wildman–Crippen LogP) is 0.715. The highest BCUT2D eigenvalue weighted by molar-refractivity contribution is 6.10. The molecule has 3 aromatic rings. The SMILES string of the molecule is COc1ccc2c(c1)C(=O)N(C[C@@]1(C#Cc3ccc4oc(=O)[nH]c4c3)NC(=O)NC1=O)C2. The number of benzene rings is 2. The third-order valence-corrected chi connectivity index (χ3v) is 5.40. The fourth-order valence-electron chi connectivity index (χ4n) is 3.82. The van der Waals surface area contributed by atoms with Crippen molar-refractivity contribution in [1.82, 2.24) is 20.5 Å². The van der Waals surface area contributed by atoms with Crippen molar-refractivity contribution in [3.05, 3.63) is 63.6 Å². The minimum atomic E-state index is -1.63. The summed E-state index contributed by atoms with van der Waals surface area (Å²) in [4.78, 5) is 52.9. The largest absolute Gasteiger partial charge is 0.497 e. The van der Waals surface area contributed by atoms with E-state index in [1.807, 2.05) is 0 Å². The molecule has 10 heteroatoms. The second-order valence-electron chi connectivity index (χ2n) is 7.47. The average Bonchev–Trinajstić information content (AvgIpc) is 3.38. The number of carbonyl (C=O) groups is 3. The fourth-order valence-corrected chi connectivity index (χ4v) is 3.82. The van der Waals surface area contributed by atoms with Crippen LogP contribution in [0.5, 0.6) is 5.75 Å². The molecule has 1 fully saturated rings. The minimum absolute atomic E-state index is 0.141. The van der Waals surface area contributed by atoms with Crippen LogP contribution in [0, 0.1) is 11.8 Å². The normalized spacial score (nSPS) is 19.4. The number of methoxy groups -OCH3 is 1. The second kappa shape index (κ2) is 7.02. The number of oxazole rings is 1. The molecule has 0 aliphatic carbocycles. The van der Waals surface area contributed by atoms with Crippen molar-refractivity contribution in [3.63, 3.8) is 0 Å². The van der Waals surface area contributed by atoms with Gasteiger partial charge in [0, 0.05) is 17.7 Å². The van der Waals surface area contributed by atoms with Crippen molar-refractivity contribution < 1.29 is 23.5 Å². The molecule has 2 aromatic carbocycles. The van der Waals surface area contributed by atoms with E-state index in [9.17, 15) is 19.2 Å². The van der Waals surface area contributed by atoms with Gasteiger partial charge in [-0.25, -0.2) is 9.59 Å². The first-order valence-corrected chi connectivity index (χ1v) is 9.63. The van der Waals surface area contributed by atoms with Crippen LogP contribution in [0.4, 0.5) is 4.79 Å². The second-order valence-corrected chi connectivity index (χ2v) is 7.47. The number of hydrogen-bond acceptors (Lipinski definition) is 6. The van der Waals surface area contributed by atoms with E-state index in [0.29, 0.717) is 28.0 Å². The van der Waals surface area contributed by atoms with Crippen molar-refractivity contribution >= 4 is 28.9 Å². The molecular weight excluding hydrogens is 416 g/mol. The zero-order valence-electron chi connectivity index (χ0n) is 16.8. The molecule has 2 aliphatic rings. The van der Waals surface area contributed by atoms with Gasteiger partial charge in [0.15, 0.2) is 5.58 Å². The van der Waals surface area contributed by atoms with Gasteiger partial charge in [0.1, 0.15) is 5.75 Å². The summed E-state index contributed by atoms with van der Waals surface area (Å²) in [6, 6.07) is 9.29. The van der Waals surface area contributed by atoms with Crippen LogP contribution in [0.2, 0.25) is 0 Å². The minimum Gasteiger partial charge on any atom is -0.497 e. The molecule has 1 saturated heterocycles. The Balaban J connectivity index is 1.48. The molecule has 0 saturated carbocycles. The monoisotopic (exact) mass is 432 g/mol. The number of nitrogens with one attached hydrogen (secondary N) is 3. The summed E-state index contributed by atoms with van der Waals surface area (Å²) in [7, 11) is 1.51. The number of nitrogens with zero attached hydrogens (tertiary/aromatic N) is 1. The molecule has 5 rings (SSSR count). The van der Waals surface area contributed by atoms with E-state index in [-0.39, 0.29) is 19.0 Å². The standard InChI is InChI=1S/C22H16N4O6/c1-31-14-4-3-13-10-26(18(27)15(13)9-14)11-22(19(28)24-20(29)25-22)7-6-12-2-5-17-16(8-12)23-21(30)32-17/h2-5,8-9H,10-11H2,1H3,(H,23,30)(H2,24,25,28,29)/t22-/m1/s1. The van der Waals surface area contributed by atoms with E-state index in [2.05, 4.69) is 27.5 Å². The number of ether oxygens (including phenoxy) is 1. The fraction of sp³-hybridized carbons (Fsp3) is 0.182. The number of carbonyl (C=O) groups excluding carboxylic acids is 3. The number of rotatable bonds is 3. The van der Waals surface area contributed by atoms with Crippen molar-refractivity contribution in [2.24, 2.45) is 0 Å². The Hall–Kier alpha value is -4.52. The van der Waals surface area contributed by atoms with E-state index in [1.54, 1.807) is 36.4 Å². The Morgan fingerprint density at radius 1 is 1.16 bits per heavy atom. The van der Waals surface area contributed by atoms with Crippen molar-refractivity contribution in [1.29, 1.82) is 0 Å². The maximum atomic E-state index is 12.9. The number of hydrogen-bond donors (Lipinski definition) is 3. The van der Waals surface area contributed by atoms with Gasteiger partial charge in [0.25, 0.3) is 11.8 Å². The molecule has 3 N–H and O–H groups in total. The molecule has 4 amide bonds. The average molecular weight is 432 g/mol. The van der Waals surface area contributed by atoms with Crippen LogP contribution in [-0.4, -0.2) is 46.9 Å². The molecule has 1 atom stereocenters. The molecule has 0 radical (unpaired) electrons. The van der Waals surface area contributed by atoms with Crippen LogP contribution >= 0.6 is 0 Å². The highest BCUT2D eigenvalue weighted by atomic mass is 16.5. The predicted molar refractivity (Wildman–Crippen MR) is 111 cm³/mol. The van der Waals surface area contributed by atoms with E-state index in [1.165, 1.54) is 12.0 Å². The number of urea groups is 1. The van der Waals surface area contributed by atoms with Crippen LogP contribution in [0.25, 0.3) is 11.1 Å². The highest BCUT2D eigenvalue weighted by Crippen LogP contribution is 2.28. The van der Waals surface area contributed by atoms with Crippen LogP contribution in [0.15, 0.2) is 45.6 Å². The molecule has 32 heavy (non-hydrogen) atoms. The number of amides is 4. The number of fused-ring (bicyclic) bond motifs is 2. The molecular formula is C22H16N4O6. The molecule has 2 aliphatic heterocycles. The number of H-pyrrole nitrogens is 1. The third kappa shape index (κ3) is 3.16. The maximum Gasteiger partial charge on any atom is 0.417 e. The quantitative estimate of drug-likeness (QED) is 0.412. The van der Waals surface area contributed by atoms with Crippen LogP contribution in [-0.2, 0) is 11.3 Å². The number of aromatic amines is 1. The Bertz CT molecular complexity index is 1430. The van der Waals surface area contributed by atoms with Gasteiger partial charge in [-0.3, -0.25) is 19.9 Å². The van der Waals surface area contributed by atoms with Gasteiger partial charge in [0.2, 0.25) is 5.54 Å². The van der Waals surface area contributed by atoms with Crippen LogP contribution < -0.4 is 21.1 Å². The highest BCUT2D eigenvalue weighted by Gasteiger charge is 2.48. The first kappa shape index (κ1) is 19.4. The lowest BCUT2D eigenvalue weighted by Crippen LogP contribution is -2.54. The summed E-state index contributed by atoms with van der Waals surface area (Å²) in [6.07, 6.45) is 0. The smallest absolute Gasteiger partial charge is 0.417 e. The summed E-state index contributed by atoms with van der Waals surface area (Å²) in [5.74, 6) is 4.71. The first-order chi connectivity index (χ1) is 15.4. The lowest BCUT2D eigenvalue weighted by molar-refractivity contribution is -0.122. The van der Waals surface area contributed by atoms with Gasteiger partial charge in [-0.1, -0.05) is 17.9 Å². The Kier molecular flexibility index (Phi) is 4.27. The first-order valence-electron chi connectivity index (χ1n) is 9.63. The summed E-state index contributed by atoms with van der Waals surface area (Å²) in [6.45, 7) is 0.130. The van der Waals surface area contributed by atoms with Gasteiger partial charge >= 0.3 is 11.8 Å². The van der Waals surface area contributed by atoms with E-state index < -0.39 is 23.2 Å². The molecule has 0 bridgehead atoms. The van der Waals surface area contributed by atoms with E-state index in [0.717, 1.165) is 5.56 Å². The van der Waals surface area contributed by atoms with Crippen LogP contribution in [0.3, 0.4) is 0 Å². The molecule has 3 heterocycles. The van der Waals surface area contributed by atoms with Gasteiger partial charge in [0.05, 0.1) is 19.2 Å². The van der Waals surface area contributed by atoms with Gasteiger partial charge in [-0.2, -0.15) is 0 Å². The molecule has 0 unspecified atom stereocenters. The zero-order valence-corrected chi connectivity index (χ0v) is 16.8. The topological polar surface area (TPSA) is 134 Å². The summed E-state index contributed by atoms with van der Waals surface area (Å²) < 4.78 is 10.1. The van der Waals surface area contributed by atoms with Gasteiger partial charge < -0.3 is 19.4 Å². The lowest BCUT2D eigenvalue weighted by atomic mass is 9.99. The molecule has 10 nitrogen and oxygen atoms in total. The van der Waals surface area contributed by atoms with Gasteiger partial charge in [-0.15, -0.1) is 0 Å². The Morgan fingerprint density at radius 2 is 2.00 bits per heavy atom. The molecule has 1 aromatic heterocycles. The Morgan fingerprint density at radius 3 is 2.75 bits per heavy atom. The molecule has 160 valence electrons. The van der Waals surface area contributed by atoms with Crippen LogP contribution in [0.1, 0.15) is 21.5 Å². The third-order valence-electron chi connectivity index (χ3n) is 5.40.